The topological polar surface area (TPSA) is 62.7 Å². The van der Waals surface area contributed by atoms with E-state index >= 15 is 0 Å². The van der Waals surface area contributed by atoms with E-state index in [-0.39, 0.29) is 0 Å². The van der Waals surface area contributed by atoms with Crippen LogP contribution in [-0.4, -0.2) is 45.7 Å². The fourth-order valence-electron chi connectivity index (χ4n) is 4.90. The molecule has 3 heterocycles. The summed E-state index contributed by atoms with van der Waals surface area (Å²) in [6.07, 6.45) is 4.10. The molecule has 152 valence electrons. The number of rotatable bonds is 5. The van der Waals surface area contributed by atoms with Crippen molar-refractivity contribution in [3.05, 3.63) is 52.9 Å². The van der Waals surface area contributed by atoms with Crippen molar-refractivity contribution in [1.29, 1.82) is 0 Å². The van der Waals surface area contributed by atoms with Crippen LogP contribution in [0.2, 0.25) is 5.15 Å². The fraction of sp³-hybridized carbons (Fsp3) is 0.429. The zero-order valence-corrected chi connectivity index (χ0v) is 18.2. The molecular formula is C21H25ClN6S. The van der Waals surface area contributed by atoms with E-state index in [1.165, 1.54) is 30.4 Å². The molecule has 1 aliphatic heterocycles. The second kappa shape index (κ2) is 7.16. The van der Waals surface area contributed by atoms with Crippen LogP contribution in [0.4, 0.5) is 5.82 Å². The minimum atomic E-state index is 0.436. The summed E-state index contributed by atoms with van der Waals surface area (Å²) in [6.45, 7) is 5.18. The van der Waals surface area contributed by atoms with Gasteiger partial charge in [0, 0.05) is 36.0 Å². The first-order valence-corrected chi connectivity index (χ1v) is 11.1. The molecule has 2 fully saturated rings. The summed E-state index contributed by atoms with van der Waals surface area (Å²) in [6, 6.07) is 11.1. The van der Waals surface area contributed by atoms with Crippen molar-refractivity contribution < 1.29 is 0 Å². The maximum absolute atomic E-state index is 6.29. The first-order valence-electron chi connectivity index (χ1n) is 9.88. The average Bonchev–Trinajstić information content (AvgIpc) is 2.95. The molecule has 2 N–H and O–H groups in total. The third-order valence-corrected chi connectivity index (χ3v) is 7.30. The van der Waals surface area contributed by atoms with Crippen LogP contribution in [0.5, 0.6) is 0 Å². The monoisotopic (exact) mass is 428 g/mol. The summed E-state index contributed by atoms with van der Waals surface area (Å²) in [5.41, 5.74) is 3.92. The van der Waals surface area contributed by atoms with Crippen LogP contribution in [0.15, 0.2) is 41.6 Å². The molecule has 1 aromatic carbocycles. The Labute approximate surface area is 180 Å². The van der Waals surface area contributed by atoms with Crippen LogP contribution in [0.25, 0.3) is 5.52 Å². The Morgan fingerprint density at radius 3 is 2.69 bits per heavy atom. The molecule has 0 bridgehead atoms. The summed E-state index contributed by atoms with van der Waals surface area (Å²) in [4.78, 5) is 10.5. The molecule has 5 rings (SSSR count). The minimum Gasteiger partial charge on any atom is -0.354 e. The van der Waals surface area contributed by atoms with Gasteiger partial charge in [0.2, 0.25) is 0 Å². The summed E-state index contributed by atoms with van der Waals surface area (Å²) < 4.78 is 1.79. The Morgan fingerprint density at radius 2 is 2.00 bits per heavy atom. The molecule has 2 aromatic heterocycles. The lowest BCUT2D eigenvalue weighted by molar-refractivity contribution is -0.0122. The largest absolute Gasteiger partial charge is 0.354 e. The summed E-state index contributed by atoms with van der Waals surface area (Å²) in [5, 5.41) is 10.5. The molecule has 0 unspecified atom stereocenters. The predicted molar refractivity (Wildman–Crippen MR) is 118 cm³/mol. The van der Waals surface area contributed by atoms with Gasteiger partial charge >= 0.3 is 0 Å². The Balaban J connectivity index is 1.20. The van der Waals surface area contributed by atoms with Gasteiger partial charge in [-0.1, -0.05) is 23.7 Å². The molecular weight excluding hydrogens is 404 g/mol. The van der Waals surface area contributed by atoms with Crippen molar-refractivity contribution in [2.45, 2.75) is 37.2 Å². The highest BCUT2D eigenvalue weighted by Gasteiger charge is 2.53. The molecule has 1 saturated carbocycles. The van der Waals surface area contributed by atoms with Crippen molar-refractivity contribution in [2.24, 2.45) is 10.6 Å². The zero-order valence-electron chi connectivity index (χ0n) is 16.7. The summed E-state index contributed by atoms with van der Waals surface area (Å²) >= 11 is 7.58. The Hall–Kier alpha value is -1.80. The number of aromatic nitrogens is 3. The number of fused-ring (bicyclic) bond motifs is 1. The highest BCUT2D eigenvalue weighted by Crippen LogP contribution is 2.51. The molecule has 2 aliphatic rings. The molecule has 3 aromatic rings. The normalized spacial score (nSPS) is 18.4. The van der Waals surface area contributed by atoms with E-state index in [2.05, 4.69) is 58.1 Å². The van der Waals surface area contributed by atoms with Gasteiger partial charge in [-0.05, 0) is 68.1 Å². The second-order valence-electron chi connectivity index (χ2n) is 8.59. The van der Waals surface area contributed by atoms with Gasteiger partial charge in [0.1, 0.15) is 17.0 Å². The van der Waals surface area contributed by atoms with Gasteiger partial charge in [-0.15, -0.1) is 0 Å². The van der Waals surface area contributed by atoms with E-state index in [1.807, 2.05) is 6.07 Å². The standard InChI is InChI=1S/C21H25ClN6S/c1-14-7-18(22)28-19(14)20(24-13-25-28)27-11-21(12-27)8-16(9-21)26(2)10-15-3-5-17(29-23)6-4-15/h3-7,13,16H,8-12,23H2,1-2H3. The van der Waals surface area contributed by atoms with Crippen LogP contribution >= 0.6 is 23.5 Å². The van der Waals surface area contributed by atoms with Gasteiger partial charge in [-0.2, -0.15) is 5.10 Å². The quantitative estimate of drug-likeness (QED) is 0.624. The number of anilines is 1. The highest BCUT2D eigenvalue weighted by atomic mass is 35.5. The van der Waals surface area contributed by atoms with E-state index in [0.29, 0.717) is 16.6 Å². The van der Waals surface area contributed by atoms with Crippen molar-refractivity contribution in [3.8, 4) is 0 Å². The molecule has 1 spiro atoms. The molecule has 1 aliphatic carbocycles. The zero-order chi connectivity index (χ0) is 20.2. The van der Waals surface area contributed by atoms with Crippen LogP contribution < -0.4 is 10.0 Å². The third-order valence-electron chi connectivity index (χ3n) is 6.49. The minimum absolute atomic E-state index is 0.436. The van der Waals surface area contributed by atoms with Crippen molar-refractivity contribution >= 4 is 34.9 Å². The van der Waals surface area contributed by atoms with E-state index in [4.69, 9.17) is 16.7 Å². The Bertz CT molecular complexity index is 1040. The first-order chi connectivity index (χ1) is 14.0. The van der Waals surface area contributed by atoms with Crippen LogP contribution in [0, 0.1) is 12.3 Å². The fourth-order valence-corrected chi connectivity index (χ4v) is 5.49. The second-order valence-corrected chi connectivity index (χ2v) is 9.68. The van der Waals surface area contributed by atoms with E-state index in [0.717, 1.165) is 41.4 Å². The summed E-state index contributed by atoms with van der Waals surface area (Å²) in [5.74, 6) is 1.00. The number of nitrogens with two attached hydrogens (primary N) is 1. The Kier molecular flexibility index (Phi) is 4.74. The molecule has 29 heavy (non-hydrogen) atoms. The molecule has 0 amide bonds. The lowest BCUT2D eigenvalue weighted by Gasteiger charge is -2.61. The van der Waals surface area contributed by atoms with Gasteiger partial charge in [0.25, 0.3) is 0 Å². The number of hydrogen-bond donors (Lipinski definition) is 1. The van der Waals surface area contributed by atoms with Gasteiger partial charge in [0.05, 0.1) is 0 Å². The number of nitrogens with zero attached hydrogens (tertiary/aromatic N) is 5. The number of hydrogen-bond acceptors (Lipinski definition) is 6. The number of halogens is 1. The van der Waals surface area contributed by atoms with Crippen molar-refractivity contribution in [2.75, 3.05) is 25.0 Å². The van der Waals surface area contributed by atoms with Gasteiger partial charge in [-0.3, -0.25) is 10.0 Å². The van der Waals surface area contributed by atoms with Crippen LogP contribution in [-0.2, 0) is 6.54 Å². The SMILES string of the molecule is Cc1cc(Cl)n2ncnc(N3CC4(CC(N(C)Cc5ccc(SN)cc5)C4)C3)c12. The van der Waals surface area contributed by atoms with Gasteiger partial charge < -0.3 is 4.90 Å². The molecule has 6 nitrogen and oxygen atoms in total. The molecule has 8 heteroatoms. The number of benzene rings is 1. The maximum Gasteiger partial charge on any atom is 0.156 e. The average molecular weight is 429 g/mol. The van der Waals surface area contributed by atoms with E-state index in [9.17, 15) is 0 Å². The third kappa shape index (κ3) is 3.30. The molecule has 0 atom stereocenters. The highest BCUT2D eigenvalue weighted by molar-refractivity contribution is 7.97. The van der Waals surface area contributed by atoms with Crippen LogP contribution in [0.3, 0.4) is 0 Å². The van der Waals surface area contributed by atoms with Crippen molar-refractivity contribution in [1.82, 2.24) is 19.5 Å². The smallest absolute Gasteiger partial charge is 0.156 e. The van der Waals surface area contributed by atoms with Crippen LogP contribution in [0.1, 0.15) is 24.0 Å². The van der Waals surface area contributed by atoms with E-state index in [1.54, 1.807) is 10.8 Å². The first kappa shape index (κ1) is 19.2. The maximum atomic E-state index is 6.29. The van der Waals surface area contributed by atoms with Crippen molar-refractivity contribution in [3.63, 3.8) is 0 Å². The number of aryl methyl sites for hydroxylation is 1. The Morgan fingerprint density at radius 1 is 1.28 bits per heavy atom. The predicted octanol–water partition coefficient (Wildman–Crippen LogP) is 3.76. The van der Waals surface area contributed by atoms with E-state index < -0.39 is 0 Å². The molecule has 1 saturated heterocycles. The summed E-state index contributed by atoms with van der Waals surface area (Å²) in [7, 11) is 2.24. The lowest BCUT2D eigenvalue weighted by Crippen LogP contribution is -2.66. The van der Waals surface area contributed by atoms with Gasteiger partial charge in [0.15, 0.2) is 5.82 Å². The molecule has 0 radical (unpaired) electrons. The lowest BCUT2D eigenvalue weighted by atomic mass is 9.60. The van der Waals surface area contributed by atoms with Gasteiger partial charge in [-0.25, -0.2) is 9.50 Å².